The summed E-state index contributed by atoms with van der Waals surface area (Å²) in [6.07, 6.45) is 3.68. The molecule has 0 aromatic heterocycles. The molecule has 0 spiro atoms. The van der Waals surface area contributed by atoms with Gasteiger partial charge in [0.2, 0.25) is 0 Å². The summed E-state index contributed by atoms with van der Waals surface area (Å²) in [5.41, 5.74) is 2.69. The lowest BCUT2D eigenvalue weighted by molar-refractivity contribution is -0.147. The second-order valence-electron chi connectivity index (χ2n) is 16.7. The van der Waals surface area contributed by atoms with Crippen LogP contribution >= 0.6 is 0 Å². The molecule has 5 aromatic carbocycles. The molecule has 5 aromatic rings. The summed E-state index contributed by atoms with van der Waals surface area (Å²) in [6.45, 7) is -0.504. The number of carbonyl (C=O) groups excluding carboxylic acids is 5. The van der Waals surface area contributed by atoms with Gasteiger partial charge in [0, 0.05) is 13.1 Å². The summed E-state index contributed by atoms with van der Waals surface area (Å²) in [5, 5.41) is 9.67. The van der Waals surface area contributed by atoms with Gasteiger partial charge in [0.05, 0.1) is 55.4 Å². The Morgan fingerprint density at radius 2 is 0.877 bits per heavy atom. The number of nitrogens with zero attached hydrogens (tertiary/aromatic N) is 2. The van der Waals surface area contributed by atoms with Gasteiger partial charge in [0.25, 0.3) is 23.6 Å². The SMILES string of the molecule is O=C(O)C(CN1C(=O)c2ccccc2C1=O)c1ccc(S(=O)(=O)CC2CC2)cc1.O=C(OCc1ccccc1)C(CN1C(=O)c2ccccc2C1=O)c1ccc(S(=O)(=O)CC2CC2)cc1. The Hall–Kier alpha value is -6.78. The van der Waals surface area contributed by atoms with Gasteiger partial charge in [-0.25, -0.2) is 16.8 Å². The van der Waals surface area contributed by atoms with E-state index in [1.165, 1.54) is 48.5 Å². The molecule has 2 aliphatic heterocycles. The Morgan fingerprint density at radius 3 is 1.25 bits per heavy atom. The van der Waals surface area contributed by atoms with Gasteiger partial charge in [0.15, 0.2) is 19.7 Å². The molecular formula is C49H44N2O12S2. The number of aliphatic carboxylic acids is 1. The second-order valence-corrected chi connectivity index (χ2v) is 20.7. The van der Waals surface area contributed by atoms with Crippen LogP contribution in [0.2, 0.25) is 0 Å². The van der Waals surface area contributed by atoms with Crippen molar-refractivity contribution in [3.63, 3.8) is 0 Å². The van der Waals surface area contributed by atoms with E-state index in [1.54, 1.807) is 48.5 Å². The van der Waals surface area contributed by atoms with Crippen LogP contribution in [0.5, 0.6) is 0 Å². The zero-order valence-corrected chi connectivity index (χ0v) is 36.6. The van der Waals surface area contributed by atoms with E-state index in [9.17, 15) is 50.7 Å². The lowest BCUT2D eigenvalue weighted by atomic mass is 9.98. The van der Waals surface area contributed by atoms with Crippen LogP contribution in [0.3, 0.4) is 0 Å². The van der Waals surface area contributed by atoms with Crippen LogP contribution in [0.15, 0.2) is 137 Å². The smallest absolute Gasteiger partial charge is 0.315 e. The maximum Gasteiger partial charge on any atom is 0.315 e. The van der Waals surface area contributed by atoms with Crippen molar-refractivity contribution in [1.29, 1.82) is 0 Å². The number of ether oxygens (including phenoxy) is 1. The Kier molecular flexibility index (Phi) is 12.7. The molecule has 2 heterocycles. The minimum atomic E-state index is -3.42. The topological polar surface area (TPSA) is 207 Å². The van der Waals surface area contributed by atoms with Gasteiger partial charge >= 0.3 is 11.9 Å². The monoisotopic (exact) mass is 916 g/mol. The molecule has 2 saturated carbocycles. The van der Waals surface area contributed by atoms with Crippen molar-refractivity contribution < 1.29 is 55.4 Å². The molecule has 65 heavy (non-hydrogen) atoms. The average Bonchev–Trinajstić information content (AvgIpc) is 4.26. The third-order valence-corrected chi connectivity index (χ3v) is 15.7. The van der Waals surface area contributed by atoms with E-state index in [0.29, 0.717) is 22.3 Å². The number of fused-ring (bicyclic) bond motifs is 2. The standard InChI is InChI=1S/C28H25NO6S.C21H19NO6S/c30-26-23-8-4-5-9-24(23)27(31)29(26)16-25(28(32)35-17-19-6-2-1-3-7-19)21-12-14-22(15-13-21)36(33,34)18-20-10-11-20;23-19-16-3-1-2-4-17(16)20(24)22(19)11-18(21(25)26)14-7-9-15(10-8-14)29(27,28)12-13-5-6-13/h1-9,12-15,20,25H,10-11,16-18H2;1-4,7-10,13,18H,5-6,11-12H2,(H,25,26). The van der Waals surface area contributed by atoms with Crippen molar-refractivity contribution in [3.05, 3.63) is 166 Å². The Balaban J connectivity index is 0.000000181. The Morgan fingerprint density at radius 1 is 0.523 bits per heavy atom. The van der Waals surface area contributed by atoms with Crippen molar-refractivity contribution in [2.75, 3.05) is 24.6 Å². The van der Waals surface area contributed by atoms with Gasteiger partial charge in [-0.15, -0.1) is 0 Å². The van der Waals surface area contributed by atoms with E-state index in [0.717, 1.165) is 41.0 Å². The molecule has 2 fully saturated rings. The predicted octanol–water partition coefficient (Wildman–Crippen LogP) is 6.33. The first-order chi connectivity index (χ1) is 31.1. The molecular weight excluding hydrogens is 873 g/mol. The number of rotatable bonds is 16. The molecule has 16 heteroatoms. The average molecular weight is 917 g/mol. The van der Waals surface area contributed by atoms with Crippen molar-refractivity contribution in [2.24, 2.45) is 11.8 Å². The Labute approximate surface area is 375 Å². The third kappa shape index (κ3) is 9.98. The lowest BCUT2D eigenvalue weighted by Gasteiger charge is -2.22. The van der Waals surface area contributed by atoms with E-state index in [-0.39, 0.29) is 64.0 Å². The van der Waals surface area contributed by atoms with E-state index in [1.807, 2.05) is 30.3 Å². The number of esters is 1. The van der Waals surface area contributed by atoms with Crippen LogP contribution < -0.4 is 0 Å². The normalized spacial score (nSPS) is 16.6. The quantitative estimate of drug-likeness (QED) is 0.0852. The molecule has 334 valence electrons. The minimum absolute atomic E-state index is 0.0339. The molecule has 0 bridgehead atoms. The van der Waals surface area contributed by atoms with Gasteiger partial charge < -0.3 is 9.84 Å². The first-order valence-electron chi connectivity index (χ1n) is 21.1. The number of sulfone groups is 2. The number of amides is 4. The van der Waals surface area contributed by atoms with Crippen molar-refractivity contribution in [1.82, 2.24) is 9.80 Å². The number of imide groups is 2. The summed E-state index contributed by atoms with van der Waals surface area (Å²) in [5.74, 6) is -5.30. The number of benzene rings is 5. The number of hydrogen-bond donors (Lipinski definition) is 1. The maximum atomic E-state index is 13.2. The van der Waals surface area contributed by atoms with E-state index < -0.39 is 67.1 Å². The van der Waals surface area contributed by atoms with Crippen molar-refractivity contribution in [2.45, 2.75) is 53.9 Å². The molecule has 4 aliphatic rings. The second kappa shape index (κ2) is 18.4. The minimum Gasteiger partial charge on any atom is -0.481 e. The lowest BCUT2D eigenvalue weighted by Crippen LogP contribution is -2.36. The van der Waals surface area contributed by atoms with Gasteiger partial charge in [-0.3, -0.25) is 38.6 Å². The maximum absolute atomic E-state index is 13.2. The van der Waals surface area contributed by atoms with E-state index in [2.05, 4.69) is 0 Å². The fourth-order valence-electron chi connectivity index (χ4n) is 7.84. The summed E-state index contributed by atoms with van der Waals surface area (Å²) in [6, 6.07) is 33.8. The van der Waals surface area contributed by atoms with E-state index >= 15 is 0 Å². The molecule has 0 saturated heterocycles. The summed E-state index contributed by atoms with van der Waals surface area (Å²) in [4.78, 5) is 78.3. The van der Waals surface area contributed by atoms with Crippen LogP contribution in [0, 0.1) is 11.8 Å². The summed E-state index contributed by atoms with van der Waals surface area (Å²) >= 11 is 0. The molecule has 2 atom stereocenters. The number of carbonyl (C=O) groups is 6. The zero-order valence-electron chi connectivity index (χ0n) is 34.9. The third-order valence-electron chi connectivity index (χ3n) is 11.9. The van der Waals surface area contributed by atoms with Gasteiger partial charge in [-0.2, -0.15) is 0 Å². The number of carboxylic acid groups (broad SMARTS) is 1. The highest BCUT2D eigenvalue weighted by molar-refractivity contribution is 7.91. The fourth-order valence-corrected chi connectivity index (χ4v) is 11.2. The largest absolute Gasteiger partial charge is 0.481 e. The molecule has 4 amide bonds. The van der Waals surface area contributed by atoms with Crippen LogP contribution in [0.4, 0.5) is 0 Å². The van der Waals surface area contributed by atoms with Crippen LogP contribution in [-0.2, 0) is 40.6 Å². The van der Waals surface area contributed by atoms with Crippen molar-refractivity contribution >= 4 is 55.2 Å². The van der Waals surface area contributed by atoms with Crippen LogP contribution in [0.25, 0.3) is 0 Å². The van der Waals surface area contributed by atoms with Gasteiger partial charge in [-0.05, 0) is 103 Å². The first-order valence-corrected chi connectivity index (χ1v) is 24.4. The number of hydrogen-bond acceptors (Lipinski definition) is 11. The molecule has 2 unspecified atom stereocenters. The highest BCUT2D eigenvalue weighted by atomic mass is 32.2. The van der Waals surface area contributed by atoms with E-state index in [4.69, 9.17) is 4.74 Å². The van der Waals surface area contributed by atoms with Crippen LogP contribution in [0.1, 0.15) is 95.6 Å². The predicted molar refractivity (Wildman–Crippen MR) is 235 cm³/mol. The highest BCUT2D eigenvalue weighted by Crippen LogP contribution is 2.35. The van der Waals surface area contributed by atoms with Crippen LogP contribution in [-0.4, -0.2) is 91.9 Å². The first kappa shape index (κ1) is 44.8. The molecule has 9 rings (SSSR count). The number of carboxylic acids is 1. The molecule has 0 radical (unpaired) electrons. The van der Waals surface area contributed by atoms with Gasteiger partial charge in [0.1, 0.15) is 6.61 Å². The van der Waals surface area contributed by atoms with Crippen molar-refractivity contribution in [3.8, 4) is 0 Å². The summed E-state index contributed by atoms with van der Waals surface area (Å²) in [7, 11) is -6.82. The zero-order chi connectivity index (χ0) is 46.0. The van der Waals surface area contributed by atoms with Gasteiger partial charge in [-0.1, -0.05) is 78.9 Å². The summed E-state index contributed by atoms with van der Waals surface area (Å²) < 4.78 is 55.6. The molecule has 1 N–H and O–H groups in total. The molecule has 2 aliphatic carbocycles. The fraction of sp³-hybridized carbons (Fsp3) is 0.265. The Bertz CT molecular complexity index is 2840. The molecule has 14 nitrogen and oxygen atoms in total. The highest BCUT2D eigenvalue weighted by Gasteiger charge is 2.40.